The summed E-state index contributed by atoms with van der Waals surface area (Å²) in [4.78, 5) is 122. The van der Waals surface area contributed by atoms with Crippen LogP contribution in [0.4, 0.5) is 23.2 Å². The van der Waals surface area contributed by atoms with Crippen LogP contribution in [0.3, 0.4) is 0 Å². The zero-order valence-electron chi connectivity index (χ0n) is 80.2. The summed E-state index contributed by atoms with van der Waals surface area (Å²) in [6.45, 7) is 24.0. The number of fused-ring (bicyclic) bond motifs is 8. The SMILES string of the molecule is C1CNCCN1.CCN(CC)CC.CSc1cc[n+](CC(=O)c2cc3ccc(F)cc3oc2=O)c(C)n1.CSc1ccn2cc(-c3cc4ccc(F)cc4oc3=O)cc2n1.CSc1ccnc(C)n1.C[S-].Cc1nccc(Cl)n1.O=C(CBr)c1cc2ccc(F)cc2oc1=O.O=c1oc2cc(F)ccc2cc1-c1cc2ncccn2c1.O=c1oc2cc(N3CCNCC3)ccc2cc1-c1cc2ncccn2c1.[Br-].[Na+]. The summed E-state index contributed by atoms with van der Waals surface area (Å²) >= 11 is 17.2. The van der Waals surface area contributed by atoms with E-state index in [-0.39, 0.29) is 109 Å². The molecule has 2 aliphatic heterocycles. The first kappa shape index (κ1) is 114. The van der Waals surface area contributed by atoms with Gasteiger partial charge in [-0.25, -0.2) is 81.0 Å². The topological polar surface area (TPSA) is 348 Å². The number of hydrogen-bond acceptors (Lipinski definition) is 29. The third-order valence-corrected chi connectivity index (χ3v) is 24.3. The Morgan fingerprint density at radius 3 is 1.21 bits per heavy atom. The van der Waals surface area contributed by atoms with Crippen molar-refractivity contribution in [3.05, 3.63) is 353 Å². The molecular formula is C103H99Br2ClF4N17NaO12S4. The number of nitrogens with one attached hydrogen (secondary N) is 3. The van der Waals surface area contributed by atoms with Crippen LogP contribution in [-0.4, -0.2) is 172 Å². The molecule has 21 rings (SSSR count). The van der Waals surface area contributed by atoms with Crippen LogP contribution in [0.2, 0.25) is 5.15 Å². The van der Waals surface area contributed by atoms with Crippen LogP contribution in [-0.2, 0) is 19.2 Å². The van der Waals surface area contributed by atoms with Crippen LogP contribution in [0.1, 0.15) is 59.0 Å². The van der Waals surface area contributed by atoms with E-state index in [1.54, 1.807) is 116 Å². The molecule has 2 aliphatic rings. The fourth-order valence-corrected chi connectivity index (χ4v) is 16.0. The third kappa shape index (κ3) is 31.7. The number of alkyl halides is 1. The fourth-order valence-electron chi connectivity index (χ4n) is 14.3. The Hall–Kier alpha value is -12.2. The van der Waals surface area contributed by atoms with Crippen molar-refractivity contribution in [3.63, 3.8) is 0 Å². The fraction of sp³-hybridized carbons (Fsp3) is 0.223. The standard InChI is InChI=1S/C20H18N4O2.C17H14FN2O3S.C17H11FN2O2S.C16H9FN2O2.C11H6BrFO3.C6H8N2S.C6H15N.C5H5ClN2.C4H10N2.CH4S.BrH.Na/c25-20-17(15-11-19-22-4-1-7-24(19)13-15)10-14-2-3-16(12-18(14)26-20)23-8-5-21-6-9-23;1-10-19-16(24-2)5-6-20(10)9-14(21)13-7-11-3-4-12(18)8-15(11)23-17(13)22;1-23-16-4-5-20-9-11(7-15(20)19-16)13-6-10-2-3-12(18)8-14(10)22-17(13)21;17-12-3-2-10-6-13(16(20)21-14(10)8-12)11-7-15-18-4-1-5-19(15)9-11;12-5-9(14)8-3-6-1-2-7(13)4-10(6)16-11(8)15;1-5-7-4-3-6(8-5)9-2;1-4-7(5-2)6-3;1-4-7-3-2-5(6)8-4;1-2-6-4-3-5-1;1-2;;/h1-4,7,10-13,21H,5-6,8-9H2;3-8H,9H2,1-2H3;2-9H,1H3;1-9H;1-4H,5H2;3-4H,1-2H3;4-6H2,1-3H3;2-3H,1H3;5-6H,1-4H2;2H,1H3;1H;/q;+1;;;;;;;;;;+1/p-2. The molecule has 2 saturated heterocycles. The minimum atomic E-state index is -0.773. The third-order valence-electron chi connectivity index (χ3n) is 21.6. The first-order chi connectivity index (χ1) is 68.7. The van der Waals surface area contributed by atoms with E-state index >= 15 is 0 Å². The number of nitrogens with zero attached hydrogens (tertiary/aromatic N) is 14. The van der Waals surface area contributed by atoms with Gasteiger partial charge in [0.1, 0.15) is 96.1 Å². The number of piperazine rings is 2. The molecule has 0 atom stereocenters. The first-order valence-electron chi connectivity index (χ1n) is 44.4. The quantitative estimate of drug-likeness (QED) is 0.00987. The molecule has 29 nitrogen and oxygen atoms in total. The summed E-state index contributed by atoms with van der Waals surface area (Å²) in [6.07, 6.45) is 27.2. The van der Waals surface area contributed by atoms with Crippen molar-refractivity contribution < 1.29 is 100 Å². The Labute approximate surface area is 888 Å². The molecule has 16 heterocycles. The van der Waals surface area contributed by atoms with Crippen molar-refractivity contribution in [2.45, 2.75) is 63.2 Å². The van der Waals surface area contributed by atoms with Gasteiger partial charge >= 0.3 is 57.7 Å². The second-order valence-corrected chi connectivity index (χ2v) is 34.4. The van der Waals surface area contributed by atoms with Gasteiger partial charge in [0.05, 0.1) is 38.3 Å². The van der Waals surface area contributed by atoms with Crippen molar-refractivity contribution in [3.8, 4) is 33.4 Å². The normalized spacial score (nSPS) is 11.8. The average Bonchev–Trinajstić information content (AvgIpc) is 1.72. The minimum absolute atomic E-state index is 0. The predicted molar refractivity (Wildman–Crippen MR) is 558 cm³/mol. The minimum Gasteiger partial charge on any atom is -1.00 e. The summed E-state index contributed by atoms with van der Waals surface area (Å²) in [7, 11) is 0. The summed E-state index contributed by atoms with van der Waals surface area (Å²) in [6, 6.07) is 46.6. The van der Waals surface area contributed by atoms with E-state index in [4.69, 9.17) is 33.7 Å². The molecule has 144 heavy (non-hydrogen) atoms. The number of thioether (sulfide) groups is 3. The molecule has 2 fully saturated rings. The second-order valence-electron chi connectivity index (χ2n) is 30.9. The van der Waals surface area contributed by atoms with E-state index in [2.05, 4.69) is 121 Å². The van der Waals surface area contributed by atoms with E-state index in [0.717, 1.165) is 125 Å². The summed E-state index contributed by atoms with van der Waals surface area (Å²) in [5.74, 6) is -0.399. The van der Waals surface area contributed by atoms with Crippen molar-refractivity contribution in [2.24, 2.45) is 0 Å². The van der Waals surface area contributed by atoms with Gasteiger partial charge < -0.3 is 90.6 Å². The molecule has 0 saturated carbocycles. The largest absolute Gasteiger partial charge is 1.00 e. The monoisotopic (exact) mass is 2190 g/mol. The van der Waals surface area contributed by atoms with Crippen LogP contribution < -0.4 is 100 Å². The smallest absolute Gasteiger partial charge is 1.00 e. The molecule has 0 spiro atoms. The van der Waals surface area contributed by atoms with Crippen molar-refractivity contribution >= 4 is 164 Å². The molecular weight excluding hydrogens is 2090 g/mol. The Morgan fingerprint density at radius 2 is 0.826 bits per heavy atom. The van der Waals surface area contributed by atoms with Gasteiger partial charge in [-0.1, -0.05) is 60.1 Å². The molecule has 0 radical (unpaired) electrons. The molecule has 14 aromatic heterocycles. The summed E-state index contributed by atoms with van der Waals surface area (Å²) in [5.41, 5.74) is 5.47. The number of carbonyl (C=O) groups is 2. The molecule has 0 aliphatic carbocycles. The molecule has 5 aromatic carbocycles. The molecule has 3 N–H and O–H groups in total. The van der Waals surface area contributed by atoms with Crippen molar-refractivity contribution in [2.75, 3.05) is 107 Å². The molecule has 0 bridgehead atoms. The number of aryl methyl sites for hydroxylation is 3. The number of benzene rings is 5. The van der Waals surface area contributed by atoms with Gasteiger partial charge in [0.15, 0.2) is 12.3 Å². The number of carbonyl (C=O) groups excluding carboxylic acids is 2. The maximum absolute atomic E-state index is 13.2. The van der Waals surface area contributed by atoms with E-state index < -0.39 is 45.8 Å². The van der Waals surface area contributed by atoms with E-state index in [0.29, 0.717) is 66.2 Å². The maximum Gasteiger partial charge on any atom is 1.00 e. The van der Waals surface area contributed by atoms with Gasteiger partial charge in [-0.15, -0.1) is 23.5 Å². The second kappa shape index (κ2) is 56.3. The predicted octanol–water partition coefficient (Wildman–Crippen LogP) is 12.4. The van der Waals surface area contributed by atoms with Crippen molar-refractivity contribution in [1.82, 2.24) is 73.9 Å². The zero-order chi connectivity index (χ0) is 101. The van der Waals surface area contributed by atoms with Gasteiger partial charge in [0, 0.05) is 207 Å². The number of ketones is 2. The van der Waals surface area contributed by atoms with E-state index in [1.807, 2.05) is 137 Å². The van der Waals surface area contributed by atoms with Crippen LogP contribution in [0, 0.1) is 44.0 Å². The Kier molecular flexibility index (Phi) is 44.5. The number of aromatic nitrogens is 12. The van der Waals surface area contributed by atoms with Crippen LogP contribution in [0.25, 0.3) is 105 Å². The van der Waals surface area contributed by atoms with Crippen LogP contribution in [0.5, 0.6) is 0 Å². The number of halogens is 7. The number of rotatable bonds is 15. The maximum atomic E-state index is 13.2. The zero-order valence-corrected chi connectivity index (χ0v) is 89.4. The van der Waals surface area contributed by atoms with Crippen molar-refractivity contribution in [1.29, 1.82) is 0 Å². The molecule has 41 heteroatoms. The Morgan fingerprint density at radius 1 is 0.444 bits per heavy atom. The van der Waals surface area contributed by atoms with Crippen LogP contribution >= 0.6 is 62.8 Å². The van der Waals surface area contributed by atoms with E-state index in [9.17, 15) is 51.1 Å². The van der Waals surface area contributed by atoms with Gasteiger partial charge in [-0.3, -0.25) is 9.59 Å². The Balaban J connectivity index is 0.000000172. The average molecular weight is 2190 g/mol. The molecule has 0 amide bonds. The number of hydrogen-bond donors (Lipinski definition) is 3. The van der Waals surface area contributed by atoms with Gasteiger partial charge in [-0.2, -0.15) is 6.26 Å². The molecule has 0 unspecified atom stereocenters. The first-order valence-corrected chi connectivity index (χ1v) is 50.4. The van der Waals surface area contributed by atoms with Gasteiger partial charge in [0.2, 0.25) is 10.8 Å². The van der Waals surface area contributed by atoms with Crippen LogP contribution in [0.15, 0.2) is 305 Å². The summed E-state index contributed by atoms with van der Waals surface area (Å²) < 4.78 is 85.7. The molecule has 19 aromatic rings. The number of Topliss-reactive ketones (excluding diaryl/α,β-unsaturated/α-hetero) is 2. The Bertz CT molecular complexity index is 7850. The van der Waals surface area contributed by atoms with Gasteiger partial charge in [0.25, 0.3) is 5.82 Å². The van der Waals surface area contributed by atoms with E-state index in [1.165, 1.54) is 92.1 Å². The number of anilines is 1. The van der Waals surface area contributed by atoms with Gasteiger partial charge in [-0.05, 0) is 197 Å². The molecule has 742 valence electrons. The summed E-state index contributed by atoms with van der Waals surface area (Å²) in [5, 5.41) is 16.4.